The van der Waals surface area contributed by atoms with Crippen LogP contribution in [0.15, 0.2) is 36.5 Å². The maximum atomic E-state index is 13.4. The zero-order chi connectivity index (χ0) is 13.8. The third-order valence-corrected chi connectivity index (χ3v) is 2.57. The lowest BCUT2D eigenvalue weighted by atomic mass is 10.2. The summed E-state index contributed by atoms with van der Waals surface area (Å²) in [5.74, 6) is -1.09. The number of anilines is 2. The van der Waals surface area contributed by atoms with E-state index in [-0.39, 0.29) is 23.6 Å². The number of nitrogens with two attached hydrogens (primary N) is 1. The molecule has 0 atom stereocenters. The summed E-state index contributed by atoms with van der Waals surface area (Å²) in [5.41, 5.74) is 6.37. The number of carboxylic acid groups (broad SMARTS) is 1. The molecule has 6 heteroatoms. The fraction of sp³-hybridized carbons (Fsp3) is 0.0769. The second kappa shape index (κ2) is 5.34. The summed E-state index contributed by atoms with van der Waals surface area (Å²) < 4.78 is 13.4. The number of benzene rings is 1. The number of nitrogen functional groups attached to an aromatic ring is 1. The average molecular weight is 261 g/mol. The van der Waals surface area contributed by atoms with Crippen LogP contribution in [-0.4, -0.2) is 16.1 Å². The zero-order valence-corrected chi connectivity index (χ0v) is 9.93. The minimum Gasteiger partial charge on any atom is -0.478 e. The molecule has 1 heterocycles. The van der Waals surface area contributed by atoms with Gasteiger partial charge in [0, 0.05) is 18.3 Å². The third kappa shape index (κ3) is 2.98. The molecule has 0 radical (unpaired) electrons. The highest BCUT2D eigenvalue weighted by Gasteiger charge is 2.08. The molecule has 0 saturated heterocycles. The summed E-state index contributed by atoms with van der Waals surface area (Å²) in [6.07, 6.45) is 1.20. The largest absolute Gasteiger partial charge is 0.478 e. The molecule has 4 N–H and O–H groups in total. The summed E-state index contributed by atoms with van der Waals surface area (Å²) in [6, 6.07) is 7.64. The van der Waals surface area contributed by atoms with Gasteiger partial charge in [-0.3, -0.25) is 0 Å². The Hall–Kier alpha value is -2.63. The van der Waals surface area contributed by atoms with Gasteiger partial charge in [-0.25, -0.2) is 14.2 Å². The smallest absolute Gasteiger partial charge is 0.337 e. The van der Waals surface area contributed by atoms with E-state index in [1.165, 1.54) is 18.3 Å². The van der Waals surface area contributed by atoms with E-state index in [2.05, 4.69) is 10.3 Å². The Balaban J connectivity index is 2.12. The van der Waals surface area contributed by atoms with Gasteiger partial charge in [0.05, 0.1) is 11.3 Å². The number of aromatic carboxylic acids is 1. The summed E-state index contributed by atoms with van der Waals surface area (Å²) >= 11 is 0. The summed E-state index contributed by atoms with van der Waals surface area (Å²) in [6.45, 7) is 0.219. The number of halogens is 1. The van der Waals surface area contributed by atoms with Crippen LogP contribution in [0.3, 0.4) is 0 Å². The van der Waals surface area contributed by atoms with Gasteiger partial charge in [-0.15, -0.1) is 0 Å². The van der Waals surface area contributed by atoms with Crippen molar-refractivity contribution in [1.29, 1.82) is 0 Å². The molecule has 2 aromatic rings. The predicted octanol–water partition coefficient (Wildman–Crippen LogP) is 2.11. The maximum Gasteiger partial charge on any atom is 0.337 e. The fourth-order valence-corrected chi connectivity index (χ4v) is 1.57. The van der Waals surface area contributed by atoms with Crippen molar-refractivity contribution in [3.8, 4) is 0 Å². The van der Waals surface area contributed by atoms with Crippen molar-refractivity contribution >= 4 is 17.5 Å². The lowest BCUT2D eigenvalue weighted by molar-refractivity contribution is 0.0696. The number of carbonyl (C=O) groups is 1. The van der Waals surface area contributed by atoms with Crippen molar-refractivity contribution in [3.63, 3.8) is 0 Å². The van der Waals surface area contributed by atoms with Gasteiger partial charge in [0.1, 0.15) is 11.6 Å². The zero-order valence-electron chi connectivity index (χ0n) is 9.93. The molecule has 0 unspecified atom stereocenters. The van der Waals surface area contributed by atoms with Crippen LogP contribution in [0.25, 0.3) is 0 Å². The number of nitrogens with zero attached hydrogens (tertiary/aromatic N) is 1. The van der Waals surface area contributed by atoms with E-state index in [0.29, 0.717) is 11.4 Å². The molecule has 5 nitrogen and oxygen atoms in total. The number of hydrogen-bond donors (Lipinski definition) is 3. The van der Waals surface area contributed by atoms with Crippen molar-refractivity contribution in [2.45, 2.75) is 6.54 Å². The molecule has 1 aromatic carbocycles. The molecule has 0 amide bonds. The van der Waals surface area contributed by atoms with Gasteiger partial charge >= 0.3 is 5.97 Å². The Morgan fingerprint density at radius 2 is 2.16 bits per heavy atom. The van der Waals surface area contributed by atoms with Crippen LogP contribution in [0.5, 0.6) is 0 Å². The molecule has 0 aliphatic rings. The molecule has 0 spiro atoms. The van der Waals surface area contributed by atoms with Crippen molar-refractivity contribution in [2.75, 3.05) is 11.1 Å². The van der Waals surface area contributed by atoms with E-state index in [1.807, 2.05) is 0 Å². The molecule has 0 aliphatic carbocycles. The van der Waals surface area contributed by atoms with Gasteiger partial charge in [-0.1, -0.05) is 18.2 Å². The maximum absolute atomic E-state index is 13.4. The molecule has 2 rings (SSSR count). The van der Waals surface area contributed by atoms with E-state index in [1.54, 1.807) is 18.2 Å². The molecule has 19 heavy (non-hydrogen) atoms. The van der Waals surface area contributed by atoms with Gasteiger partial charge < -0.3 is 16.2 Å². The number of rotatable bonds is 4. The van der Waals surface area contributed by atoms with Crippen LogP contribution in [-0.2, 0) is 6.54 Å². The first kappa shape index (κ1) is 12.8. The Morgan fingerprint density at radius 3 is 2.79 bits per heavy atom. The quantitative estimate of drug-likeness (QED) is 0.784. The summed E-state index contributed by atoms with van der Waals surface area (Å²) in [5, 5.41) is 11.6. The topological polar surface area (TPSA) is 88.2 Å². The van der Waals surface area contributed by atoms with Crippen LogP contribution in [0, 0.1) is 5.82 Å². The van der Waals surface area contributed by atoms with Crippen LogP contribution in [0.4, 0.5) is 15.9 Å². The van der Waals surface area contributed by atoms with Crippen molar-refractivity contribution in [3.05, 3.63) is 53.5 Å². The van der Waals surface area contributed by atoms with E-state index < -0.39 is 5.97 Å². The average Bonchev–Trinajstić information content (AvgIpc) is 2.39. The van der Waals surface area contributed by atoms with Gasteiger partial charge in [0.15, 0.2) is 0 Å². The normalized spacial score (nSPS) is 10.2. The van der Waals surface area contributed by atoms with Gasteiger partial charge in [0.2, 0.25) is 0 Å². The highest BCUT2D eigenvalue weighted by Crippen LogP contribution is 2.18. The molecule has 98 valence electrons. The molecular formula is C13H12FN3O2. The number of aromatic nitrogens is 1. The number of pyridine rings is 1. The molecule has 0 saturated carbocycles. The van der Waals surface area contributed by atoms with Gasteiger partial charge in [-0.05, 0) is 12.1 Å². The minimum absolute atomic E-state index is 0.00828. The Labute approximate surface area is 108 Å². The summed E-state index contributed by atoms with van der Waals surface area (Å²) in [7, 11) is 0. The Bertz CT molecular complexity index is 617. The Kier molecular flexibility index (Phi) is 3.61. The third-order valence-electron chi connectivity index (χ3n) is 2.57. The number of carboxylic acids is 1. The van der Waals surface area contributed by atoms with E-state index in [0.717, 1.165) is 0 Å². The Morgan fingerprint density at radius 1 is 1.42 bits per heavy atom. The number of hydrogen-bond acceptors (Lipinski definition) is 4. The fourth-order valence-electron chi connectivity index (χ4n) is 1.57. The van der Waals surface area contributed by atoms with Crippen LogP contribution < -0.4 is 11.1 Å². The molecular weight excluding hydrogens is 249 g/mol. The van der Waals surface area contributed by atoms with Crippen LogP contribution in [0.2, 0.25) is 0 Å². The second-order valence-corrected chi connectivity index (χ2v) is 3.91. The molecule has 0 fully saturated rings. The standard InChI is InChI=1S/C13H12FN3O2/c14-10-4-2-1-3-8(10)6-16-12-11(15)5-9(7-17-12)13(18)19/h1-5,7H,6,15H2,(H,16,17)(H,18,19). The van der Waals surface area contributed by atoms with Crippen LogP contribution >= 0.6 is 0 Å². The lowest BCUT2D eigenvalue weighted by Gasteiger charge is -2.09. The first-order valence-electron chi connectivity index (χ1n) is 5.54. The molecule has 1 aromatic heterocycles. The highest BCUT2D eigenvalue weighted by molar-refractivity contribution is 5.89. The predicted molar refractivity (Wildman–Crippen MR) is 69.3 cm³/mol. The minimum atomic E-state index is -1.10. The van der Waals surface area contributed by atoms with Gasteiger partial charge in [-0.2, -0.15) is 0 Å². The lowest BCUT2D eigenvalue weighted by Crippen LogP contribution is -2.07. The van der Waals surface area contributed by atoms with Crippen molar-refractivity contribution in [2.24, 2.45) is 0 Å². The SMILES string of the molecule is Nc1cc(C(=O)O)cnc1NCc1ccccc1F. The molecule has 0 bridgehead atoms. The van der Waals surface area contributed by atoms with Crippen molar-refractivity contribution < 1.29 is 14.3 Å². The van der Waals surface area contributed by atoms with Crippen LogP contribution in [0.1, 0.15) is 15.9 Å². The first-order chi connectivity index (χ1) is 9.08. The monoisotopic (exact) mass is 261 g/mol. The van der Waals surface area contributed by atoms with E-state index >= 15 is 0 Å². The number of nitrogens with one attached hydrogen (secondary N) is 1. The van der Waals surface area contributed by atoms with Gasteiger partial charge in [0.25, 0.3) is 0 Å². The van der Waals surface area contributed by atoms with E-state index in [4.69, 9.17) is 10.8 Å². The van der Waals surface area contributed by atoms with Crippen molar-refractivity contribution in [1.82, 2.24) is 4.98 Å². The molecule has 0 aliphatic heterocycles. The van der Waals surface area contributed by atoms with E-state index in [9.17, 15) is 9.18 Å². The summed E-state index contributed by atoms with van der Waals surface area (Å²) in [4.78, 5) is 14.6. The highest BCUT2D eigenvalue weighted by atomic mass is 19.1. The first-order valence-corrected chi connectivity index (χ1v) is 5.54. The second-order valence-electron chi connectivity index (χ2n) is 3.91.